The van der Waals surface area contributed by atoms with E-state index in [0.29, 0.717) is 0 Å². The van der Waals surface area contributed by atoms with Gasteiger partial charge in [-0.05, 0) is 49.1 Å². The molecule has 0 aromatic heterocycles. The standard InChI is InChI=1S/C24H35N/c1-3-5-7-8-9-11-14-22-17-19-24(20-18-22)25(21-6-4-2)23-15-12-10-13-16-23/h10,12-13,15-20H,3-9,11,14,21H2,1-2H3. The van der Waals surface area contributed by atoms with E-state index in [2.05, 4.69) is 73.3 Å². The molecule has 2 aromatic rings. The van der Waals surface area contributed by atoms with Crippen LogP contribution in [0.3, 0.4) is 0 Å². The zero-order valence-corrected chi connectivity index (χ0v) is 16.2. The van der Waals surface area contributed by atoms with Crippen LogP contribution in [0.4, 0.5) is 11.4 Å². The largest absolute Gasteiger partial charge is 0.341 e. The Morgan fingerprint density at radius 3 is 1.88 bits per heavy atom. The molecule has 0 atom stereocenters. The van der Waals surface area contributed by atoms with Crippen molar-refractivity contribution < 1.29 is 0 Å². The second-order valence-corrected chi connectivity index (χ2v) is 7.02. The van der Waals surface area contributed by atoms with Crippen molar-refractivity contribution in [3.63, 3.8) is 0 Å². The molecule has 2 aromatic carbocycles. The molecule has 0 saturated heterocycles. The van der Waals surface area contributed by atoms with Gasteiger partial charge < -0.3 is 4.90 Å². The molecule has 0 amide bonds. The van der Waals surface area contributed by atoms with Crippen molar-refractivity contribution in [3.05, 3.63) is 60.2 Å². The minimum absolute atomic E-state index is 1.08. The van der Waals surface area contributed by atoms with Crippen LogP contribution in [0.15, 0.2) is 54.6 Å². The Balaban J connectivity index is 1.91. The summed E-state index contributed by atoms with van der Waals surface area (Å²) in [7, 11) is 0. The third kappa shape index (κ3) is 6.94. The van der Waals surface area contributed by atoms with E-state index in [1.807, 2.05) is 0 Å². The van der Waals surface area contributed by atoms with Crippen molar-refractivity contribution in [1.82, 2.24) is 0 Å². The van der Waals surface area contributed by atoms with Crippen molar-refractivity contribution >= 4 is 11.4 Å². The monoisotopic (exact) mass is 337 g/mol. The zero-order chi connectivity index (χ0) is 17.7. The molecule has 0 N–H and O–H groups in total. The molecule has 0 heterocycles. The molecule has 2 rings (SSSR count). The molecule has 0 spiro atoms. The molecule has 136 valence electrons. The topological polar surface area (TPSA) is 3.24 Å². The highest BCUT2D eigenvalue weighted by molar-refractivity contribution is 5.63. The lowest BCUT2D eigenvalue weighted by Gasteiger charge is -2.25. The van der Waals surface area contributed by atoms with Crippen molar-refractivity contribution in [2.24, 2.45) is 0 Å². The average Bonchev–Trinajstić information content (AvgIpc) is 2.67. The molecule has 0 aliphatic heterocycles. The normalized spacial score (nSPS) is 10.8. The third-order valence-electron chi connectivity index (χ3n) is 4.87. The molecule has 0 bridgehead atoms. The summed E-state index contributed by atoms with van der Waals surface area (Å²) in [5.74, 6) is 0. The first-order valence-electron chi connectivity index (χ1n) is 10.3. The van der Waals surface area contributed by atoms with Crippen LogP contribution < -0.4 is 4.90 Å². The van der Waals surface area contributed by atoms with Crippen LogP contribution in [0.1, 0.15) is 70.8 Å². The minimum Gasteiger partial charge on any atom is -0.341 e. The minimum atomic E-state index is 1.08. The summed E-state index contributed by atoms with van der Waals surface area (Å²) in [5, 5.41) is 0. The van der Waals surface area contributed by atoms with E-state index in [1.54, 1.807) is 0 Å². The van der Waals surface area contributed by atoms with Crippen LogP contribution in [0.2, 0.25) is 0 Å². The van der Waals surface area contributed by atoms with E-state index >= 15 is 0 Å². The number of nitrogens with zero attached hydrogens (tertiary/aromatic N) is 1. The SMILES string of the molecule is CCCCCCCCc1ccc(N(CCCC)c2ccccc2)cc1. The lowest BCUT2D eigenvalue weighted by atomic mass is 10.0. The Bertz CT molecular complexity index is 558. The molecular formula is C24H35N. The van der Waals surface area contributed by atoms with Crippen LogP contribution >= 0.6 is 0 Å². The quantitative estimate of drug-likeness (QED) is 0.362. The van der Waals surface area contributed by atoms with Crippen molar-refractivity contribution in [3.8, 4) is 0 Å². The van der Waals surface area contributed by atoms with Crippen molar-refractivity contribution in [1.29, 1.82) is 0 Å². The fourth-order valence-corrected chi connectivity index (χ4v) is 3.28. The van der Waals surface area contributed by atoms with Gasteiger partial charge in [0.2, 0.25) is 0 Å². The third-order valence-corrected chi connectivity index (χ3v) is 4.87. The lowest BCUT2D eigenvalue weighted by Crippen LogP contribution is -2.18. The summed E-state index contributed by atoms with van der Waals surface area (Å²) < 4.78 is 0. The molecular weight excluding hydrogens is 302 g/mol. The van der Waals surface area contributed by atoms with Gasteiger partial charge in [-0.2, -0.15) is 0 Å². The predicted octanol–water partition coefficient (Wildman–Crippen LogP) is 7.53. The molecule has 0 unspecified atom stereocenters. The Kier molecular flexibility index (Phi) is 9.18. The number of hydrogen-bond donors (Lipinski definition) is 0. The average molecular weight is 338 g/mol. The van der Waals surface area contributed by atoms with Gasteiger partial charge in [0.05, 0.1) is 0 Å². The van der Waals surface area contributed by atoms with E-state index in [-0.39, 0.29) is 0 Å². The highest BCUT2D eigenvalue weighted by atomic mass is 15.1. The highest BCUT2D eigenvalue weighted by Crippen LogP contribution is 2.26. The summed E-state index contributed by atoms with van der Waals surface area (Å²) in [6.07, 6.45) is 11.9. The van der Waals surface area contributed by atoms with Gasteiger partial charge in [0, 0.05) is 17.9 Å². The van der Waals surface area contributed by atoms with Crippen molar-refractivity contribution in [2.75, 3.05) is 11.4 Å². The highest BCUT2D eigenvalue weighted by Gasteiger charge is 2.08. The maximum atomic E-state index is 2.44. The van der Waals surface area contributed by atoms with Gasteiger partial charge in [-0.1, -0.05) is 82.7 Å². The van der Waals surface area contributed by atoms with Crippen LogP contribution in [-0.2, 0) is 6.42 Å². The van der Waals surface area contributed by atoms with Crippen LogP contribution in [0, 0.1) is 0 Å². The van der Waals surface area contributed by atoms with Gasteiger partial charge in [0.1, 0.15) is 0 Å². The molecule has 1 nitrogen and oxygen atoms in total. The van der Waals surface area contributed by atoms with Crippen LogP contribution in [0.5, 0.6) is 0 Å². The first-order chi connectivity index (χ1) is 12.3. The number of rotatable bonds is 12. The number of benzene rings is 2. The van der Waals surface area contributed by atoms with Crippen LogP contribution in [0.25, 0.3) is 0 Å². The second kappa shape index (κ2) is 11.7. The zero-order valence-electron chi connectivity index (χ0n) is 16.2. The molecule has 0 aliphatic carbocycles. The lowest BCUT2D eigenvalue weighted by molar-refractivity contribution is 0.607. The molecule has 0 radical (unpaired) electrons. The van der Waals surface area contributed by atoms with E-state index in [0.717, 1.165) is 6.54 Å². The Hall–Kier alpha value is -1.76. The van der Waals surface area contributed by atoms with Gasteiger partial charge in [-0.25, -0.2) is 0 Å². The number of aryl methyl sites for hydroxylation is 1. The number of hydrogen-bond acceptors (Lipinski definition) is 1. The summed E-state index contributed by atoms with van der Waals surface area (Å²) in [5.41, 5.74) is 4.08. The predicted molar refractivity (Wildman–Crippen MR) is 112 cm³/mol. The second-order valence-electron chi connectivity index (χ2n) is 7.02. The van der Waals surface area contributed by atoms with Gasteiger partial charge in [-0.3, -0.25) is 0 Å². The fraction of sp³-hybridized carbons (Fsp3) is 0.500. The van der Waals surface area contributed by atoms with Crippen molar-refractivity contribution in [2.45, 2.75) is 71.6 Å². The van der Waals surface area contributed by atoms with Gasteiger partial charge >= 0.3 is 0 Å². The van der Waals surface area contributed by atoms with E-state index in [1.165, 1.54) is 74.7 Å². The van der Waals surface area contributed by atoms with E-state index < -0.39 is 0 Å². The van der Waals surface area contributed by atoms with E-state index in [9.17, 15) is 0 Å². The molecule has 0 saturated carbocycles. The fourth-order valence-electron chi connectivity index (χ4n) is 3.28. The summed E-state index contributed by atoms with van der Waals surface area (Å²) in [6, 6.07) is 20.0. The number of anilines is 2. The number of para-hydroxylation sites is 1. The maximum Gasteiger partial charge on any atom is 0.0410 e. The Morgan fingerprint density at radius 1 is 0.600 bits per heavy atom. The molecule has 0 aliphatic rings. The first kappa shape index (κ1) is 19.6. The van der Waals surface area contributed by atoms with Gasteiger partial charge in [-0.15, -0.1) is 0 Å². The summed E-state index contributed by atoms with van der Waals surface area (Å²) >= 11 is 0. The van der Waals surface area contributed by atoms with Gasteiger partial charge in [0.25, 0.3) is 0 Å². The number of unbranched alkanes of at least 4 members (excludes halogenated alkanes) is 6. The molecule has 1 heteroatoms. The summed E-state index contributed by atoms with van der Waals surface area (Å²) in [6.45, 7) is 5.62. The first-order valence-corrected chi connectivity index (χ1v) is 10.3. The van der Waals surface area contributed by atoms with Crippen LogP contribution in [-0.4, -0.2) is 6.54 Å². The molecule has 25 heavy (non-hydrogen) atoms. The molecule has 0 fully saturated rings. The Labute approximate surface area is 155 Å². The summed E-state index contributed by atoms with van der Waals surface area (Å²) in [4.78, 5) is 2.44. The Morgan fingerprint density at radius 2 is 1.20 bits per heavy atom. The van der Waals surface area contributed by atoms with E-state index in [4.69, 9.17) is 0 Å². The van der Waals surface area contributed by atoms with Gasteiger partial charge in [0.15, 0.2) is 0 Å². The smallest absolute Gasteiger partial charge is 0.0410 e. The maximum absolute atomic E-state index is 2.44.